The predicted molar refractivity (Wildman–Crippen MR) is 96.7 cm³/mol. The number of anilines is 3. The number of rotatable bonds is 5. The summed E-state index contributed by atoms with van der Waals surface area (Å²) in [5.41, 5.74) is 3.17. The maximum absolute atomic E-state index is 12.0. The topological polar surface area (TPSA) is 70.2 Å². The van der Waals surface area contributed by atoms with Gasteiger partial charge in [0.25, 0.3) is 0 Å². The summed E-state index contributed by atoms with van der Waals surface area (Å²) in [5, 5.41) is 8.66. The lowest BCUT2D eigenvalue weighted by molar-refractivity contribution is -0.115. The molecule has 0 spiro atoms. The first-order chi connectivity index (χ1) is 11.0. The van der Waals surface area contributed by atoms with Crippen LogP contribution in [-0.4, -0.2) is 18.4 Å². The molecule has 0 saturated carbocycles. The summed E-state index contributed by atoms with van der Waals surface area (Å²) >= 11 is 3.35. The largest absolute Gasteiger partial charge is 0.376 e. The van der Waals surface area contributed by atoms with Crippen LogP contribution >= 0.6 is 15.9 Å². The van der Waals surface area contributed by atoms with Crippen LogP contribution in [0.3, 0.4) is 0 Å². The predicted octanol–water partition coefficient (Wildman–Crippen LogP) is 3.77. The Hall–Kier alpha value is -2.34. The van der Waals surface area contributed by atoms with E-state index >= 15 is 0 Å². The first-order valence-corrected chi connectivity index (χ1v) is 7.91. The molecular weight excluding hydrogens is 358 g/mol. The third-order valence-corrected chi connectivity index (χ3v) is 3.74. The molecule has 0 aliphatic rings. The van der Waals surface area contributed by atoms with Crippen molar-refractivity contribution < 1.29 is 9.59 Å². The van der Waals surface area contributed by atoms with E-state index < -0.39 is 0 Å². The molecule has 2 aromatic carbocycles. The standard InChI is InChI=1S/C17H18BrN3O2/c1-11-15(4-3-5-16(11)20-12(2)22)19-10-17(23)21-14-8-6-13(18)7-9-14/h3-9,19H,10H2,1-2H3,(H,20,22)(H,21,23). The van der Waals surface area contributed by atoms with Crippen molar-refractivity contribution >= 4 is 44.8 Å². The summed E-state index contributed by atoms with van der Waals surface area (Å²) < 4.78 is 0.957. The summed E-state index contributed by atoms with van der Waals surface area (Å²) in [6.07, 6.45) is 0. The lowest BCUT2D eigenvalue weighted by Gasteiger charge is -2.13. The van der Waals surface area contributed by atoms with Crippen molar-refractivity contribution in [2.45, 2.75) is 13.8 Å². The minimum Gasteiger partial charge on any atom is -0.376 e. The number of nitrogens with one attached hydrogen (secondary N) is 3. The van der Waals surface area contributed by atoms with Crippen molar-refractivity contribution in [2.24, 2.45) is 0 Å². The van der Waals surface area contributed by atoms with Gasteiger partial charge < -0.3 is 16.0 Å². The van der Waals surface area contributed by atoms with Crippen LogP contribution < -0.4 is 16.0 Å². The average molecular weight is 376 g/mol. The van der Waals surface area contributed by atoms with Crippen LogP contribution in [0.1, 0.15) is 12.5 Å². The molecule has 120 valence electrons. The van der Waals surface area contributed by atoms with Crippen molar-refractivity contribution in [3.05, 3.63) is 52.5 Å². The highest BCUT2D eigenvalue weighted by molar-refractivity contribution is 9.10. The quantitative estimate of drug-likeness (QED) is 0.744. The molecule has 6 heteroatoms. The summed E-state index contributed by atoms with van der Waals surface area (Å²) in [6.45, 7) is 3.49. The Balaban J connectivity index is 1.96. The van der Waals surface area contributed by atoms with Gasteiger partial charge in [0.1, 0.15) is 0 Å². The van der Waals surface area contributed by atoms with E-state index in [4.69, 9.17) is 0 Å². The van der Waals surface area contributed by atoms with Gasteiger partial charge in [-0.2, -0.15) is 0 Å². The highest BCUT2D eigenvalue weighted by Crippen LogP contribution is 2.23. The van der Waals surface area contributed by atoms with Gasteiger partial charge in [0.2, 0.25) is 11.8 Å². The molecule has 2 rings (SSSR count). The van der Waals surface area contributed by atoms with Gasteiger partial charge in [0, 0.05) is 28.5 Å². The number of hydrogen-bond acceptors (Lipinski definition) is 3. The number of carbonyl (C=O) groups is 2. The maximum Gasteiger partial charge on any atom is 0.243 e. The summed E-state index contributed by atoms with van der Waals surface area (Å²) in [5.74, 6) is -0.269. The molecule has 5 nitrogen and oxygen atoms in total. The molecule has 0 aromatic heterocycles. The van der Waals surface area contributed by atoms with Gasteiger partial charge in [0.15, 0.2) is 0 Å². The van der Waals surface area contributed by atoms with Gasteiger partial charge in [-0.25, -0.2) is 0 Å². The minimum atomic E-state index is -0.142. The zero-order valence-corrected chi connectivity index (χ0v) is 14.5. The van der Waals surface area contributed by atoms with Gasteiger partial charge in [-0.15, -0.1) is 0 Å². The molecule has 2 amide bonds. The lowest BCUT2D eigenvalue weighted by Crippen LogP contribution is -2.22. The van der Waals surface area contributed by atoms with Crippen LogP contribution in [-0.2, 0) is 9.59 Å². The van der Waals surface area contributed by atoms with E-state index in [2.05, 4.69) is 31.9 Å². The van der Waals surface area contributed by atoms with Crippen LogP contribution in [0.4, 0.5) is 17.1 Å². The van der Waals surface area contributed by atoms with Gasteiger partial charge >= 0.3 is 0 Å². The Bertz CT molecular complexity index is 714. The number of amides is 2. The van der Waals surface area contributed by atoms with E-state index in [1.807, 2.05) is 49.4 Å². The number of carbonyl (C=O) groups excluding carboxylic acids is 2. The molecule has 0 unspecified atom stereocenters. The fourth-order valence-electron chi connectivity index (χ4n) is 2.07. The Morgan fingerprint density at radius 2 is 1.65 bits per heavy atom. The van der Waals surface area contributed by atoms with Crippen molar-refractivity contribution in [2.75, 3.05) is 22.5 Å². The fourth-order valence-corrected chi connectivity index (χ4v) is 2.33. The van der Waals surface area contributed by atoms with E-state index in [-0.39, 0.29) is 18.4 Å². The van der Waals surface area contributed by atoms with Crippen molar-refractivity contribution in [1.82, 2.24) is 0 Å². The molecule has 0 radical (unpaired) electrons. The fraction of sp³-hybridized carbons (Fsp3) is 0.176. The molecule has 0 saturated heterocycles. The molecule has 0 heterocycles. The monoisotopic (exact) mass is 375 g/mol. The third-order valence-electron chi connectivity index (χ3n) is 3.21. The van der Waals surface area contributed by atoms with E-state index in [0.29, 0.717) is 0 Å². The highest BCUT2D eigenvalue weighted by atomic mass is 79.9. The molecule has 0 aliphatic carbocycles. The second kappa shape index (κ2) is 7.78. The normalized spacial score (nSPS) is 10.0. The van der Waals surface area contributed by atoms with Crippen molar-refractivity contribution in [1.29, 1.82) is 0 Å². The number of halogens is 1. The Morgan fingerprint density at radius 1 is 1.00 bits per heavy atom. The Morgan fingerprint density at radius 3 is 2.30 bits per heavy atom. The van der Waals surface area contributed by atoms with Gasteiger partial charge in [-0.05, 0) is 48.9 Å². The molecule has 0 fully saturated rings. The van der Waals surface area contributed by atoms with Crippen LogP contribution in [0.5, 0.6) is 0 Å². The van der Waals surface area contributed by atoms with Crippen molar-refractivity contribution in [3.63, 3.8) is 0 Å². The molecule has 0 atom stereocenters. The summed E-state index contributed by atoms with van der Waals surface area (Å²) in [6, 6.07) is 12.9. The first-order valence-electron chi connectivity index (χ1n) is 7.12. The van der Waals surface area contributed by atoms with Crippen molar-refractivity contribution in [3.8, 4) is 0 Å². The van der Waals surface area contributed by atoms with E-state index in [9.17, 15) is 9.59 Å². The van der Waals surface area contributed by atoms with Crippen LogP contribution in [0, 0.1) is 6.92 Å². The van der Waals surface area contributed by atoms with Gasteiger partial charge in [0.05, 0.1) is 6.54 Å². The highest BCUT2D eigenvalue weighted by Gasteiger charge is 2.07. The maximum atomic E-state index is 12.0. The number of hydrogen-bond donors (Lipinski definition) is 3. The van der Waals surface area contributed by atoms with E-state index in [0.717, 1.165) is 27.1 Å². The lowest BCUT2D eigenvalue weighted by atomic mass is 10.1. The zero-order chi connectivity index (χ0) is 16.8. The molecule has 3 N–H and O–H groups in total. The third kappa shape index (κ3) is 5.10. The molecule has 2 aromatic rings. The second-order valence-electron chi connectivity index (χ2n) is 5.07. The molecule has 0 aliphatic heterocycles. The van der Waals surface area contributed by atoms with Gasteiger partial charge in [-0.3, -0.25) is 9.59 Å². The summed E-state index contributed by atoms with van der Waals surface area (Å²) in [4.78, 5) is 23.2. The van der Waals surface area contributed by atoms with Crippen LogP contribution in [0.15, 0.2) is 46.9 Å². The first kappa shape index (κ1) is 17.0. The van der Waals surface area contributed by atoms with Crippen LogP contribution in [0.2, 0.25) is 0 Å². The average Bonchev–Trinajstić information content (AvgIpc) is 2.50. The van der Waals surface area contributed by atoms with Gasteiger partial charge in [-0.1, -0.05) is 22.0 Å². The number of benzene rings is 2. The molecular formula is C17H18BrN3O2. The minimum absolute atomic E-state index is 0.127. The second-order valence-corrected chi connectivity index (χ2v) is 5.98. The smallest absolute Gasteiger partial charge is 0.243 e. The SMILES string of the molecule is CC(=O)Nc1cccc(NCC(=O)Nc2ccc(Br)cc2)c1C. The Kier molecular flexibility index (Phi) is 5.76. The molecule has 23 heavy (non-hydrogen) atoms. The van der Waals surface area contributed by atoms with Crippen LogP contribution in [0.25, 0.3) is 0 Å². The van der Waals surface area contributed by atoms with E-state index in [1.54, 1.807) is 0 Å². The Labute approximate surface area is 143 Å². The zero-order valence-electron chi connectivity index (χ0n) is 12.9. The molecule has 0 bridgehead atoms. The summed E-state index contributed by atoms with van der Waals surface area (Å²) in [7, 11) is 0. The van der Waals surface area contributed by atoms with E-state index in [1.165, 1.54) is 6.92 Å².